The Morgan fingerprint density at radius 3 is 2.10 bits per heavy atom. The molecule has 0 unspecified atom stereocenters. The summed E-state index contributed by atoms with van der Waals surface area (Å²) in [6, 6.07) is 28.9. The van der Waals surface area contributed by atoms with Crippen LogP contribution in [0.3, 0.4) is 0 Å². The van der Waals surface area contributed by atoms with Gasteiger partial charge in [0.15, 0.2) is 0 Å². The first-order valence-electron chi connectivity index (χ1n) is 10.4. The summed E-state index contributed by atoms with van der Waals surface area (Å²) in [5.41, 5.74) is 2.26. The summed E-state index contributed by atoms with van der Waals surface area (Å²) in [6.45, 7) is 2.16. The summed E-state index contributed by atoms with van der Waals surface area (Å²) in [6.07, 6.45) is 1.45. The highest BCUT2D eigenvalue weighted by molar-refractivity contribution is 5.41. The van der Waals surface area contributed by atoms with Crippen molar-refractivity contribution in [2.24, 2.45) is 5.92 Å². The van der Waals surface area contributed by atoms with Gasteiger partial charge in [0.1, 0.15) is 5.75 Å². The molecule has 4 rings (SSSR count). The number of hydrogen-bond donors (Lipinski definition) is 2. The number of aliphatic hydroxyl groups is 1. The van der Waals surface area contributed by atoms with E-state index >= 15 is 0 Å². The quantitative estimate of drug-likeness (QED) is 0.617. The number of hydrogen-bond acceptors (Lipinski definition) is 3. The van der Waals surface area contributed by atoms with Crippen LogP contribution in [0.15, 0.2) is 84.9 Å². The highest BCUT2D eigenvalue weighted by Gasteiger charge is 2.49. The van der Waals surface area contributed by atoms with E-state index in [-0.39, 0.29) is 18.0 Å². The van der Waals surface area contributed by atoms with Crippen molar-refractivity contribution < 1.29 is 9.84 Å². The van der Waals surface area contributed by atoms with E-state index in [2.05, 4.69) is 60.8 Å². The molecule has 1 saturated heterocycles. The van der Waals surface area contributed by atoms with Gasteiger partial charge in [0.2, 0.25) is 0 Å². The molecule has 0 saturated carbocycles. The third kappa shape index (κ3) is 3.68. The highest BCUT2D eigenvalue weighted by Crippen LogP contribution is 2.51. The van der Waals surface area contributed by atoms with E-state index < -0.39 is 5.60 Å². The van der Waals surface area contributed by atoms with Gasteiger partial charge in [0.25, 0.3) is 0 Å². The molecular formula is C26H29NO2. The topological polar surface area (TPSA) is 41.5 Å². The summed E-state index contributed by atoms with van der Waals surface area (Å²) in [4.78, 5) is 0. The zero-order chi connectivity index (χ0) is 20.3. The first-order chi connectivity index (χ1) is 14.2. The Labute approximate surface area is 173 Å². The highest BCUT2D eigenvalue weighted by atomic mass is 16.5. The fourth-order valence-corrected chi connectivity index (χ4v) is 4.90. The SMILES string of the molecule is CC[C@@H]1[C@@H](c2ccccc2)N[C@@H](c2ccccc2)C[C@@]1(O)c1ccccc1OC. The predicted molar refractivity (Wildman–Crippen MR) is 117 cm³/mol. The van der Waals surface area contributed by atoms with Crippen LogP contribution in [-0.4, -0.2) is 12.2 Å². The number of rotatable bonds is 5. The molecule has 0 radical (unpaired) electrons. The van der Waals surface area contributed by atoms with Crippen LogP contribution in [0.4, 0.5) is 0 Å². The molecule has 3 heteroatoms. The molecule has 1 aliphatic heterocycles. The lowest BCUT2D eigenvalue weighted by atomic mass is 9.67. The second kappa shape index (κ2) is 8.40. The van der Waals surface area contributed by atoms with Gasteiger partial charge in [-0.05, 0) is 23.6 Å². The second-order valence-electron chi connectivity index (χ2n) is 7.86. The average Bonchev–Trinajstić information content (AvgIpc) is 2.79. The molecule has 29 heavy (non-hydrogen) atoms. The molecule has 3 aromatic rings. The largest absolute Gasteiger partial charge is 0.496 e. The smallest absolute Gasteiger partial charge is 0.124 e. The van der Waals surface area contributed by atoms with Crippen LogP contribution in [0, 0.1) is 5.92 Å². The molecule has 1 heterocycles. The molecule has 3 nitrogen and oxygen atoms in total. The Balaban J connectivity index is 1.85. The standard InChI is InChI=1S/C26H29NO2/c1-3-21-25(20-14-8-5-9-15-20)27-23(19-12-6-4-7-13-19)18-26(21,28)22-16-10-11-17-24(22)29-2/h4-17,21,23,25,27-28H,3,18H2,1-2H3/t21-,23-,25-,26+/m1/s1. The Hall–Kier alpha value is -2.62. The normalized spacial score (nSPS) is 26.8. The number of nitrogens with one attached hydrogen (secondary N) is 1. The van der Waals surface area contributed by atoms with Crippen molar-refractivity contribution >= 4 is 0 Å². The Bertz CT molecular complexity index is 928. The van der Waals surface area contributed by atoms with Gasteiger partial charge in [-0.2, -0.15) is 0 Å². The van der Waals surface area contributed by atoms with Crippen LogP contribution in [0.2, 0.25) is 0 Å². The van der Waals surface area contributed by atoms with Gasteiger partial charge in [-0.25, -0.2) is 0 Å². The Morgan fingerprint density at radius 2 is 1.48 bits per heavy atom. The number of benzene rings is 3. The molecule has 0 amide bonds. The van der Waals surface area contributed by atoms with E-state index in [4.69, 9.17) is 4.74 Å². The first kappa shape index (κ1) is 19.7. The monoisotopic (exact) mass is 387 g/mol. The van der Waals surface area contributed by atoms with Crippen molar-refractivity contribution in [3.63, 3.8) is 0 Å². The maximum atomic E-state index is 12.3. The predicted octanol–water partition coefficient (Wildman–Crippen LogP) is 5.38. The van der Waals surface area contributed by atoms with Crippen molar-refractivity contribution in [1.29, 1.82) is 0 Å². The number of piperidine rings is 1. The molecular weight excluding hydrogens is 358 g/mol. The lowest BCUT2D eigenvalue weighted by Crippen LogP contribution is -2.51. The molecule has 2 N–H and O–H groups in total. The molecule has 0 aliphatic carbocycles. The second-order valence-corrected chi connectivity index (χ2v) is 7.86. The van der Waals surface area contributed by atoms with Gasteiger partial charge in [-0.1, -0.05) is 85.8 Å². The summed E-state index contributed by atoms with van der Waals surface area (Å²) in [5, 5.41) is 16.1. The summed E-state index contributed by atoms with van der Waals surface area (Å²) < 4.78 is 5.66. The zero-order valence-electron chi connectivity index (χ0n) is 17.1. The van der Waals surface area contributed by atoms with Crippen molar-refractivity contribution in [2.75, 3.05) is 7.11 Å². The molecule has 4 atom stereocenters. The van der Waals surface area contributed by atoms with Crippen molar-refractivity contribution in [3.05, 3.63) is 102 Å². The average molecular weight is 388 g/mol. The van der Waals surface area contributed by atoms with Gasteiger partial charge in [0, 0.05) is 30.0 Å². The third-order valence-electron chi connectivity index (χ3n) is 6.29. The number of para-hydroxylation sites is 1. The molecule has 1 fully saturated rings. The molecule has 0 aromatic heterocycles. The van der Waals surface area contributed by atoms with Crippen molar-refractivity contribution in [2.45, 2.75) is 37.5 Å². The molecule has 1 aliphatic rings. The molecule has 0 spiro atoms. The van der Waals surface area contributed by atoms with Gasteiger partial charge in [0.05, 0.1) is 12.7 Å². The Kier molecular flexibility index (Phi) is 5.70. The lowest BCUT2D eigenvalue weighted by Gasteiger charge is -2.49. The molecule has 3 aromatic carbocycles. The van der Waals surface area contributed by atoms with E-state index in [0.717, 1.165) is 17.7 Å². The maximum Gasteiger partial charge on any atom is 0.124 e. The van der Waals surface area contributed by atoms with Crippen molar-refractivity contribution in [3.8, 4) is 5.75 Å². The van der Waals surface area contributed by atoms with E-state index in [0.29, 0.717) is 6.42 Å². The van der Waals surface area contributed by atoms with Crippen molar-refractivity contribution in [1.82, 2.24) is 5.32 Å². The third-order valence-corrected chi connectivity index (χ3v) is 6.29. The van der Waals surface area contributed by atoms with E-state index in [1.54, 1.807) is 7.11 Å². The van der Waals surface area contributed by atoms with Crippen LogP contribution in [0.25, 0.3) is 0 Å². The van der Waals surface area contributed by atoms with Gasteiger partial charge >= 0.3 is 0 Å². The summed E-state index contributed by atoms with van der Waals surface area (Å²) >= 11 is 0. The van der Waals surface area contributed by atoms with E-state index in [1.165, 1.54) is 11.1 Å². The molecule has 0 bridgehead atoms. The van der Waals surface area contributed by atoms with Crippen LogP contribution in [-0.2, 0) is 5.60 Å². The minimum absolute atomic E-state index is 0.0150. The molecule has 150 valence electrons. The van der Waals surface area contributed by atoms with E-state index in [1.807, 2.05) is 36.4 Å². The zero-order valence-corrected chi connectivity index (χ0v) is 17.1. The lowest BCUT2D eigenvalue weighted by molar-refractivity contribution is -0.0842. The van der Waals surface area contributed by atoms with E-state index in [9.17, 15) is 5.11 Å². The summed E-state index contributed by atoms with van der Waals surface area (Å²) in [5.74, 6) is 0.759. The number of methoxy groups -OCH3 is 1. The number of ether oxygens (including phenoxy) is 1. The van der Waals surface area contributed by atoms with Crippen LogP contribution >= 0.6 is 0 Å². The summed E-state index contributed by atoms with van der Waals surface area (Å²) in [7, 11) is 1.67. The van der Waals surface area contributed by atoms with Gasteiger partial charge < -0.3 is 15.2 Å². The van der Waals surface area contributed by atoms with Gasteiger partial charge in [-0.3, -0.25) is 0 Å². The first-order valence-corrected chi connectivity index (χ1v) is 10.4. The van der Waals surface area contributed by atoms with Crippen LogP contribution < -0.4 is 10.1 Å². The van der Waals surface area contributed by atoms with Crippen LogP contribution in [0.1, 0.15) is 48.5 Å². The Morgan fingerprint density at radius 1 is 0.897 bits per heavy atom. The van der Waals surface area contributed by atoms with Gasteiger partial charge in [-0.15, -0.1) is 0 Å². The minimum Gasteiger partial charge on any atom is -0.496 e. The van der Waals surface area contributed by atoms with Crippen LogP contribution in [0.5, 0.6) is 5.75 Å². The fourth-order valence-electron chi connectivity index (χ4n) is 4.90. The fraction of sp³-hybridized carbons (Fsp3) is 0.308. The maximum absolute atomic E-state index is 12.3. The minimum atomic E-state index is -1.01.